The lowest BCUT2D eigenvalue weighted by molar-refractivity contribution is -0.181. The smallest absolute Gasteiger partial charge is 0.274 e. The second-order valence-electron chi connectivity index (χ2n) is 11.0. The van der Waals surface area contributed by atoms with E-state index < -0.39 is 70.3 Å². The summed E-state index contributed by atoms with van der Waals surface area (Å²) in [6, 6.07) is 8.25. The molecule has 12 heteroatoms. The fraction of sp³-hybridized carbons (Fsp3) is 0.379. The lowest BCUT2D eigenvalue weighted by Gasteiger charge is -2.52. The van der Waals surface area contributed by atoms with E-state index in [1.165, 1.54) is 32.2 Å². The number of aromatic hydroxyl groups is 1. The highest BCUT2D eigenvalue weighted by Gasteiger charge is 2.69. The van der Waals surface area contributed by atoms with Gasteiger partial charge in [-0.15, -0.1) is 0 Å². The first kappa shape index (κ1) is 28.3. The molecule has 2 fully saturated rings. The predicted octanol–water partition coefficient (Wildman–Crippen LogP) is -0.175. The van der Waals surface area contributed by atoms with E-state index in [2.05, 4.69) is 5.48 Å². The molecule has 2 unspecified atom stereocenters. The number of rotatable bonds is 5. The summed E-state index contributed by atoms with van der Waals surface area (Å²) in [4.78, 5) is 85.0. The van der Waals surface area contributed by atoms with Crippen LogP contribution in [0.25, 0.3) is 11.1 Å². The van der Waals surface area contributed by atoms with Gasteiger partial charge in [0.15, 0.2) is 34.7 Å². The van der Waals surface area contributed by atoms with Crippen LogP contribution in [0.5, 0.6) is 5.75 Å². The van der Waals surface area contributed by atoms with Gasteiger partial charge in [-0.2, -0.15) is 0 Å². The van der Waals surface area contributed by atoms with Crippen LogP contribution in [0.3, 0.4) is 0 Å². The Morgan fingerprint density at radius 1 is 1.10 bits per heavy atom. The van der Waals surface area contributed by atoms with Crippen LogP contribution in [-0.2, 0) is 30.4 Å². The molecule has 12 nitrogen and oxygen atoms in total. The minimum atomic E-state index is -2.78. The molecule has 2 amide bonds. The number of nitrogens with two attached hydrogens (primary N) is 1. The van der Waals surface area contributed by atoms with Crippen LogP contribution in [0.15, 0.2) is 36.4 Å². The minimum Gasteiger partial charge on any atom is -0.507 e. The molecule has 41 heavy (non-hydrogen) atoms. The highest BCUT2D eigenvalue weighted by molar-refractivity contribution is 6.32. The van der Waals surface area contributed by atoms with Crippen LogP contribution in [0, 0.1) is 23.7 Å². The lowest BCUT2D eigenvalue weighted by Crippen LogP contribution is -2.74. The number of benzene rings is 2. The van der Waals surface area contributed by atoms with Gasteiger partial charge in [0.1, 0.15) is 5.75 Å². The van der Waals surface area contributed by atoms with Gasteiger partial charge in [0.25, 0.3) is 5.91 Å². The van der Waals surface area contributed by atoms with Gasteiger partial charge in [-0.3, -0.25) is 38.5 Å². The molecule has 0 aliphatic heterocycles. The van der Waals surface area contributed by atoms with E-state index in [1.54, 1.807) is 30.3 Å². The highest BCUT2D eigenvalue weighted by atomic mass is 16.6. The number of hydrogen-bond donors (Lipinski definition) is 4. The fourth-order valence-electron chi connectivity index (χ4n) is 6.85. The van der Waals surface area contributed by atoms with Crippen LogP contribution in [0.2, 0.25) is 0 Å². The number of Topliss-reactive ketones (excluding diaryl/α,β-unsaturated/α-hetero) is 4. The quantitative estimate of drug-likeness (QED) is 0.280. The topological polar surface area (TPSA) is 193 Å². The van der Waals surface area contributed by atoms with Crippen molar-refractivity contribution < 1.29 is 43.8 Å². The monoisotopic (exact) mass is 563 g/mol. The average Bonchev–Trinajstić information content (AvgIpc) is 2.90. The molecule has 6 atom stereocenters. The number of likely N-dealkylation sites (N-methyl/N-ethyl adjacent to an activating group) is 1. The maximum absolute atomic E-state index is 13.9. The third kappa shape index (κ3) is 4.09. The molecule has 0 saturated heterocycles. The van der Waals surface area contributed by atoms with Gasteiger partial charge >= 0.3 is 0 Å². The van der Waals surface area contributed by atoms with Crippen molar-refractivity contribution in [1.82, 2.24) is 10.4 Å². The predicted molar refractivity (Wildman–Crippen MR) is 141 cm³/mol. The second kappa shape index (κ2) is 9.98. The van der Waals surface area contributed by atoms with Gasteiger partial charge in [0.05, 0.1) is 24.6 Å². The van der Waals surface area contributed by atoms with Crippen LogP contribution >= 0.6 is 0 Å². The van der Waals surface area contributed by atoms with Gasteiger partial charge in [-0.25, -0.2) is 5.48 Å². The Hall–Kier alpha value is -4.26. The molecular formula is C29H29N3O9. The summed E-state index contributed by atoms with van der Waals surface area (Å²) < 4.78 is 0. The third-order valence-electron chi connectivity index (χ3n) is 8.58. The number of primary amides is 1. The summed E-state index contributed by atoms with van der Waals surface area (Å²) in [5, 5.41) is 22.4. The molecule has 0 aromatic heterocycles. The number of ketones is 4. The summed E-state index contributed by atoms with van der Waals surface area (Å²) in [5.74, 6) is -11.6. The van der Waals surface area contributed by atoms with Crippen molar-refractivity contribution in [2.24, 2.45) is 29.4 Å². The number of phenolic OH excluding ortho intramolecular Hbond substituents is 1. The zero-order valence-electron chi connectivity index (χ0n) is 22.5. The van der Waals surface area contributed by atoms with Crippen molar-refractivity contribution in [3.8, 4) is 16.9 Å². The third-order valence-corrected chi connectivity index (χ3v) is 8.58. The molecule has 2 aromatic carbocycles. The first-order valence-corrected chi connectivity index (χ1v) is 13.0. The summed E-state index contributed by atoms with van der Waals surface area (Å²) in [6.45, 7) is 0. The van der Waals surface area contributed by atoms with E-state index in [9.17, 15) is 39.0 Å². The molecular weight excluding hydrogens is 534 g/mol. The average molecular weight is 564 g/mol. The van der Waals surface area contributed by atoms with Gasteiger partial charge in [-0.1, -0.05) is 18.2 Å². The van der Waals surface area contributed by atoms with Crippen molar-refractivity contribution in [3.05, 3.63) is 53.1 Å². The highest BCUT2D eigenvalue weighted by Crippen LogP contribution is 2.51. The largest absolute Gasteiger partial charge is 0.507 e. The number of carbonyl (C=O) groups excluding carboxylic acids is 6. The zero-order valence-corrected chi connectivity index (χ0v) is 22.5. The maximum atomic E-state index is 13.9. The summed E-state index contributed by atoms with van der Waals surface area (Å²) in [7, 11) is 4.35. The van der Waals surface area contributed by atoms with E-state index >= 15 is 0 Å². The number of phenols is 1. The Morgan fingerprint density at radius 2 is 1.80 bits per heavy atom. The molecule has 3 aliphatic rings. The standard InChI is InChI=1S/C29H29N3O9/c1-32(2)22-17-11-14-10-16-15(12-5-4-6-13(9-12)28(39)31-41-3)7-8-18(33)20(16)23(34)19(14)25(36)29(17,40)26(37)21(24(22)35)27(30)38/h4-9,14,17,19,21-22,33,40H,10-11H2,1-3H3,(H2,30,38)(H,31,39)/t14-,17-,19?,21?,22-,29-/m1/s1. The van der Waals surface area contributed by atoms with Crippen molar-refractivity contribution in [3.63, 3.8) is 0 Å². The number of aliphatic hydroxyl groups is 1. The Labute approximate surface area is 234 Å². The lowest BCUT2D eigenvalue weighted by atomic mass is 9.52. The molecule has 3 aliphatic carbocycles. The molecule has 0 radical (unpaired) electrons. The fourth-order valence-corrected chi connectivity index (χ4v) is 6.85. The number of nitrogens with zero attached hydrogens (tertiary/aromatic N) is 1. The Balaban J connectivity index is 1.63. The molecule has 5 rings (SSSR count). The summed E-state index contributed by atoms with van der Waals surface area (Å²) in [6.07, 6.45) is 0.0410. The van der Waals surface area contributed by atoms with Crippen LogP contribution in [0.1, 0.15) is 32.7 Å². The summed E-state index contributed by atoms with van der Waals surface area (Å²) in [5.41, 5.74) is 6.49. The van der Waals surface area contributed by atoms with Gasteiger partial charge in [0, 0.05) is 11.5 Å². The van der Waals surface area contributed by atoms with E-state index in [1.807, 2.05) is 0 Å². The summed E-state index contributed by atoms with van der Waals surface area (Å²) >= 11 is 0. The van der Waals surface area contributed by atoms with Crippen molar-refractivity contribution in [2.75, 3.05) is 21.2 Å². The number of hydroxylamine groups is 1. The van der Waals surface area contributed by atoms with Gasteiger partial charge in [0.2, 0.25) is 5.91 Å². The molecule has 0 spiro atoms. The van der Waals surface area contributed by atoms with Crippen molar-refractivity contribution >= 4 is 34.9 Å². The number of fused-ring (bicyclic) bond motifs is 3. The molecule has 0 heterocycles. The maximum Gasteiger partial charge on any atom is 0.274 e. The van der Waals surface area contributed by atoms with Crippen LogP contribution in [-0.4, -0.2) is 82.9 Å². The second-order valence-corrected chi connectivity index (χ2v) is 11.0. The van der Waals surface area contributed by atoms with Gasteiger partial charge < -0.3 is 15.9 Å². The van der Waals surface area contributed by atoms with E-state index in [4.69, 9.17) is 10.6 Å². The van der Waals surface area contributed by atoms with Crippen LogP contribution in [0.4, 0.5) is 0 Å². The van der Waals surface area contributed by atoms with E-state index in [0.29, 0.717) is 16.7 Å². The van der Waals surface area contributed by atoms with E-state index in [0.717, 1.165) is 0 Å². The molecule has 214 valence electrons. The van der Waals surface area contributed by atoms with Crippen molar-refractivity contribution in [2.45, 2.75) is 24.5 Å². The first-order chi connectivity index (χ1) is 19.3. The van der Waals surface area contributed by atoms with Gasteiger partial charge in [-0.05, 0) is 67.7 Å². The molecule has 0 bridgehead atoms. The normalized spacial score (nSPS) is 29.0. The Morgan fingerprint density at radius 3 is 2.44 bits per heavy atom. The van der Waals surface area contributed by atoms with E-state index in [-0.39, 0.29) is 29.7 Å². The number of hydrogen-bond acceptors (Lipinski definition) is 10. The molecule has 2 aromatic rings. The molecule has 2 saturated carbocycles. The SMILES string of the molecule is CONC(=O)c1cccc(-c2ccc(O)c3c2C[C@@H]2C[C@@H]4[C@@H](N(C)C)C(=O)C(C(N)=O)C(=O)[C@]4(O)C(=O)C2C3=O)c1. The van der Waals surface area contributed by atoms with Crippen LogP contribution < -0.4 is 11.2 Å². The Kier molecular flexibility index (Phi) is 6.88. The number of carbonyl (C=O) groups is 6. The zero-order chi connectivity index (χ0) is 30.0. The molecule has 5 N–H and O–H groups in total. The Bertz CT molecular complexity index is 1530. The number of amides is 2. The number of nitrogens with one attached hydrogen (secondary N) is 1. The first-order valence-electron chi connectivity index (χ1n) is 13.0. The van der Waals surface area contributed by atoms with Crippen molar-refractivity contribution in [1.29, 1.82) is 0 Å². The minimum absolute atomic E-state index is 0.0602.